The van der Waals surface area contributed by atoms with Crippen LogP contribution in [0.3, 0.4) is 0 Å². The monoisotopic (exact) mass is 1160 g/mol. The largest absolute Gasteiger partial charge is 0.0985 e. The predicted molar refractivity (Wildman–Crippen MR) is 376 cm³/mol. The third-order valence-electron chi connectivity index (χ3n) is 24.6. The maximum absolute atomic E-state index is 4.39. The molecule has 0 amide bonds. The summed E-state index contributed by atoms with van der Waals surface area (Å²) in [6.45, 7) is 39.3. The maximum atomic E-state index is 4.39. The van der Waals surface area contributed by atoms with Crippen LogP contribution in [0.1, 0.15) is 410 Å². The van der Waals surface area contributed by atoms with E-state index in [-0.39, 0.29) is 5.41 Å². The second kappa shape index (κ2) is 33.9. The molecule has 6 saturated carbocycles. The lowest BCUT2D eigenvalue weighted by molar-refractivity contribution is -0.198. The highest BCUT2D eigenvalue weighted by Crippen LogP contribution is 2.79. The molecular formula is C84H150. The zero-order valence-electron chi connectivity index (χ0n) is 59.9. The molecule has 1 aromatic carbocycles. The summed E-state index contributed by atoms with van der Waals surface area (Å²) in [7, 11) is 0. The van der Waals surface area contributed by atoms with Crippen LogP contribution in [0.2, 0.25) is 0 Å². The molecule has 1 aromatic rings. The van der Waals surface area contributed by atoms with Gasteiger partial charge in [-0.15, -0.1) is 0 Å². The molecule has 0 aromatic heterocycles. The van der Waals surface area contributed by atoms with Crippen LogP contribution < -0.4 is 0 Å². The summed E-state index contributed by atoms with van der Waals surface area (Å²) in [4.78, 5) is 0. The normalized spacial score (nSPS) is 30.4. The summed E-state index contributed by atoms with van der Waals surface area (Å²) in [5, 5.41) is 0. The molecule has 8 bridgehead atoms. The number of hydrogen-bond acceptors (Lipinski definition) is 0. The number of rotatable bonds is 44. The van der Waals surface area contributed by atoms with Gasteiger partial charge in [0.1, 0.15) is 0 Å². The fourth-order valence-electron chi connectivity index (χ4n) is 22.6. The summed E-state index contributed by atoms with van der Waals surface area (Å²) < 4.78 is 0. The van der Waals surface area contributed by atoms with Gasteiger partial charge in [-0.1, -0.05) is 314 Å². The van der Waals surface area contributed by atoms with E-state index in [1.165, 1.54) is 243 Å². The average Bonchev–Trinajstić information content (AvgIpc) is 0.737. The van der Waals surface area contributed by atoms with Crippen LogP contribution in [0, 0.1) is 79.3 Å². The summed E-state index contributed by atoms with van der Waals surface area (Å²) >= 11 is 0. The summed E-state index contributed by atoms with van der Waals surface area (Å²) in [6.07, 6.45) is 72.2. The van der Waals surface area contributed by atoms with Crippen LogP contribution in [0.4, 0.5) is 0 Å². The summed E-state index contributed by atoms with van der Waals surface area (Å²) in [5.74, 6) is 5.72. The second-order valence-corrected chi connectivity index (χ2v) is 36.7. The van der Waals surface area contributed by atoms with Crippen molar-refractivity contribution < 1.29 is 0 Å². The number of benzene rings is 1. The Hall–Kier alpha value is -1.04. The Morgan fingerprint density at radius 2 is 0.440 bits per heavy atom. The Labute approximate surface area is 528 Å². The van der Waals surface area contributed by atoms with Gasteiger partial charge in [-0.3, -0.25) is 0 Å². The highest BCUT2D eigenvalue weighted by molar-refractivity contribution is 5.48. The van der Waals surface area contributed by atoms with Gasteiger partial charge in [-0.2, -0.15) is 0 Å². The maximum Gasteiger partial charge on any atom is -0.00311 e. The standard InChI is InChI=1S/C84H150/c1-16-75-45-47-76(48-46-75)84-65-81(53-35-21-28-42-72(10)11)59-78(50-32-18-25-39-69(4)5)56-77(49-31-17-24-38-68(2)3)57-79(61-81,51-33-19-26-40-70(6)7)63-83(67-84,55-37-23-30-44-74(14)15)64-80(58-77,52-34-20-27-41-71(8)9)62-82(60-78,66-84)54-36-22-29-43-73(12)13/h16,45-48,68-74H,1,17-44,49-67H2,2-15H3. The van der Waals surface area contributed by atoms with Crippen molar-refractivity contribution in [3.05, 3.63) is 42.0 Å². The highest BCUT2D eigenvalue weighted by atomic mass is 14.7. The van der Waals surface area contributed by atoms with Crippen molar-refractivity contribution in [3.8, 4) is 0 Å². The molecule has 84 heavy (non-hydrogen) atoms. The minimum Gasteiger partial charge on any atom is -0.0985 e. The SMILES string of the molecule is C=Cc1ccc(C23CC4(CCCCCC(C)C)CC5(CCCCCC(C)C)CC6(CCCCCC(C)C)CC(CCCCCC(C)C)(C4)CC(CCCCCC(C)C)(CC(CCCCCC(C)C)(C6)CC(CCCCCC(C)C)(C5)C2)C3)cc1. The molecule has 0 nitrogen and oxygen atoms in total. The molecule has 6 aliphatic carbocycles. The van der Waals surface area contributed by atoms with Gasteiger partial charge in [0.15, 0.2) is 0 Å². The third-order valence-corrected chi connectivity index (χ3v) is 24.6. The predicted octanol–water partition coefficient (Wildman–Crippen LogP) is 28.5. The Balaban J connectivity index is 1.69. The first-order chi connectivity index (χ1) is 39.9. The Kier molecular flexibility index (Phi) is 29.0. The molecule has 0 heterocycles. The van der Waals surface area contributed by atoms with E-state index in [9.17, 15) is 0 Å². The topological polar surface area (TPSA) is 0 Å². The van der Waals surface area contributed by atoms with Gasteiger partial charge in [0.2, 0.25) is 0 Å². The zero-order chi connectivity index (χ0) is 61.0. The van der Waals surface area contributed by atoms with Crippen molar-refractivity contribution in [2.75, 3.05) is 0 Å². The van der Waals surface area contributed by atoms with E-state index in [4.69, 9.17) is 0 Å². The molecule has 7 rings (SSSR count). The fourth-order valence-corrected chi connectivity index (χ4v) is 22.6. The van der Waals surface area contributed by atoms with E-state index in [0.717, 1.165) is 41.4 Å². The Morgan fingerprint density at radius 3 is 0.607 bits per heavy atom. The smallest absolute Gasteiger partial charge is 0.00311 e. The second-order valence-electron chi connectivity index (χ2n) is 36.7. The van der Waals surface area contributed by atoms with Crippen LogP contribution in [0.15, 0.2) is 30.8 Å². The van der Waals surface area contributed by atoms with E-state index < -0.39 is 0 Å². The molecule has 0 radical (unpaired) electrons. The van der Waals surface area contributed by atoms with Crippen molar-refractivity contribution in [1.29, 1.82) is 0 Å². The van der Waals surface area contributed by atoms with Gasteiger partial charge in [0.25, 0.3) is 0 Å². The van der Waals surface area contributed by atoms with E-state index in [1.807, 2.05) is 0 Å². The minimum absolute atomic E-state index is 0.218. The first kappa shape index (κ1) is 72.0. The lowest BCUT2D eigenvalue weighted by Crippen LogP contribution is -2.62. The summed E-state index contributed by atoms with van der Waals surface area (Å²) in [6, 6.07) is 10.6. The third kappa shape index (κ3) is 22.4. The average molecular weight is 1160 g/mol. The van der Waals surface area contributed by atoms with Crippen LogP contribution >= 0.6 is 0 Å². The van der Waals surface area contributed by atoms with Gasteiger partial charge in [0.05, 0.1) is 0 Å². The number of unbranched alkanes of at least 4 members (excludes halogenated alkanes) is 14. The van der Waals surface area contributed by atoms with Crippen LogP contribution in [-0.4, -0.2) is 0 Å². The molecule has 0 aliphatic heterocycles. The molecule has 486 valence electrons. The van der Waals surface area contributed by atoms with Crippen molar-refractivity contribution in [2.24, 2.45) is 79.3 Å². The van der Waals surface area contributed by atoms with Crippen LogP contribution in [-0.2, 0) is 5.41 Å². The van der Waals surface area contributed by atoms with Gasteiger partial charge in [0, 0.05) is 0 Å². The molecule has 0 spiro atoms. The van der Waals surface area contributed by atoms with Crippen LogP contribution in [0.25, 0.3) is 6.08 Å². The Bertz CT molecular complexity index is 1760. The van der Waals surface area contributed by atoms with Crippen molar-refractivity contribution in [2.45, 2.75) is 404 Å². The zero-order valence-corrected chi connectivity index (χ0v) is 59.9. The van der Waals surface area contributed by atoms with E-state index >= 15 is 0 Å². The van der Waals surface area contributed by atoms with Gasteiger partial charge in [-0.25, -0.2) is 0 Å². The molecule has 0 unspecified atom stereocenters. The van der Waals surface area contributed by atoms with E-state index in [0.29, 0.717) is 37.9 Å². The lowest BCUT2D eigenvalue weighted by atomic mass is 9.33. The molecule has 0 saturated heterocycles. The number of hydrogen-bond donors (Lipinski definition) is 0. The van der Waals surface area contributed by atoms with E-state index in [1.54, 1.807) is 69.8 Å². The fraction of sp³-hybridized carbons (Fsp3) is 0.905. The molecule has 0 N–H and O–H groups in total. The van der Waals surface area contributed by atoms with Crippen molar-refractivity contribution in [1.82, 2.24) is 0 Å². The highest BCUT2D eigenvalue weighted by Gasteiger charge is 2.68. The van der Waals surface area contributed by atoms with Crippen molar-refractivity contribution >= 4 is 6.08 Å². The lowest BCUT2D eigenvalue weighted by Gasteiger charge is -2.72. The van der Waals surface area contributed by atoms with Crippen LogP contribution in [0.5, 0.6) is 0 Å². The van der Waals surface area contributed by atoms with Crippen molar-refractivity contribution in [3.63, 3.8) is 0 Å². The van der Waals surface area contributed by atoms with Gasteiger partial charge in [-0.05, 0) is 218 Å². The quantitative estimate of drug-likeness (QED) is 0.0571. The molecular weight excluding hydrogens is 1010 g/mol. The first-order valence-electron chi connectivity index (χ1n) is 38.7. The molecule has 0 atom stereocenters. The molecule has 0 heteroatoms. The van der Waals surface area contributed by atoms with Gasteiger partial charge < -0.3 is 0 Å². The molecule has 6 aliphatic rings. The van der Waals surface area contributed by atoms with E-state index in [2.05, 4.69) is 134 Å². The molecule has 6 fully saturated rings. The Morgan fingerprint density at radius 1 is 0.262 bits per heavy atom. The first-order valence-corrected chi connectivity index (χ1v) is 38.7. The summed E-state index contributed by atoms with van der Waals surface area (Å²) in [5.41, 5.74) is 6.34. The minimum atomic E-state index is 0.218. The van der Waals surface area contributed by atoms with Gasteiger partial charge >= 0.3 is 0 Å².